The Labute approximate surface area is 83.3 Å². The molecule has 0 heterocycles. The monoisotopic (exact) mass is 183 g/mol. The molecule has 0 bridgehead atoms. The van der Waals surface area contributed by atoms with Gasteiger partial charge in [0.15, 0.2) is 0 Å². The largest absolute Gasteiger partial charge is 0.312 e. The Bertz CT molecular complexity index is 129. The summed E-state index contributed by atoms with van der Waals surface area (Å²) in [6.07, 6.45) is 8.39. The molecule has 1 saturated carbocycles. The summed E-state index contributed by atoms with van der Waals surface area (Å²) in [5.74, 6) is 1.06. The van der Waals surface area contributed by atoms with Gasteiger partial charge in [-0.3, -0.25) is 0 Å². The summed E-state index contributed by atoms with van der Waals surface area (Å²) in [6.45, 7) is 6.92. The molecule has 1 heteroatoms. The standard InChI is InChI=1S/C12H25N/c1-4-5-6-10(2)13-11(3)9-12-7-8-12/h10-13H,4-9H2,1-3H3. The Hall–Kier alpha value is -0.0400. The van der Waals surface area contributed by atoms with E-state index in [4.69, 9.17) is 0 Å². The summed E-state index contributed by atoms with van der Waals surface area (Å²) in [5.41, 5.74) is 0. The van der Waals surface area contributed by atoms with Gasteiger partial charge in [-0.05, 0) is 32.6 Å². The Morgan fingerprint density at radius 2 is 1.92 bits per heavy atom. The SMILES string of the molecule is CCCCC(C)NC(C)CC1CC1. The van der Waals surface area contributed by atoms with Gasteiger partial charge in [-0.2, -0.15) is 0 Å². The molecule has 1 N–H and O–H groups in total. The zero-order valence-corrected chi connectivity index (χ0v) is 9.47. The second kappa shape index (κ2) is 5.64. The summed E-state index contributed by atoms with van der Waals surface area (Å²) >= 11 is 0. The van der Waals surface area contributed by atoms with Gasteiger partial charge >= 0.3 is 0 Å². The van der Waals surface area contributed by atoms with Crippen LogP contribution in [0.15, 0.2) is 0 Å². The van der Waals surface area contributed by atoms with Crippen molar-refractivity contribution in [1.82, 2.24) is 5.32 Å². The van der Waals surface area contributed by atoms with Crippen LogP contribution in [0.25, 0.3) is 0 Å². The summed E-state index contributed by atoms with van der Waals surface area (Å²) in [6, 6.07) is 1.45. The molecular weight excluding hydrogens is 158 g/mol. The fourth-order valence-corrected chi connectivity index (χ4v) is 2.00. The first kappa shape index (κ1) is 11.0. The Morgan fingerprint density at radius 3 is 2.46 bits per heavy atom. The maximum Gasteiger partial charge on any atom is 0.00438 e. The van der Waals surface area contributed by atoms with Gasteiger partial charge in [0.2, 0.25) is 0 Å². The number of rotatable bonds is 7. The topological polar surface area (TPSA) is 12.0 Å². The molecule has 0 aliphatic heterocycles. The molecule has 0 saturated heterocycles. The first-order chi connectivity index (χ1) is 6.22. The molecule has 0 aromatic carbocycles. The zero-order valence-electron chi connectivity index (χ0n) is 9.47. The zero-order chi connectivity index (χ0) is 9.68. The predicted molar refractivity (Wildman–Crippen MR) is 58.9 cm³/mol. The fourth-order valence-electron chi connectivity index (χ4n) is 2.00. The molecule has 1 fully saturated rings. The fraction of sp³-hybridized carbons (Fsp3) is 1.00. The van der Waals surface area contributed by atoms with Crippen LogP contribution in [0.4, 0.5) is 0 Å². The van der Waals surface area contributed by atoms with E-state index in [1.807, 2.05) is 0 Å². The molecule has 0 aromatic heterocycles. The average Bonchev–Trinajstić information content (AvgIpc) is 2.84. The van der Waals surface area contributed by atoms with Gasteiger partial charge in [-0.25, -0.2) is 0 Å². The third kappa shape index (κ3) is 5.30. The maximum atomic E-state index is 3.69. The quantitative estimate of drug-likeness (QED) is 0.638. The molecule has 13 heavy (non-hydrogen) atoms. The van der Waals surface area contributed by atoms with Crippen molar-refractivity contribution in [3.05, 3.63) is 0 Å². The highest BCUT2D eigenvalue weighted by Gasteiger charge is 2.23. The molecular formula is C12H25N. The van der Waals surface area contributed by atoms with Crippen molar-refractivity contribution in [2.45, 2.75) is 71.4 Å². The normalized spacial score (nSPS) is 21.5. The van der Waals surface area contributed by atoms with Gasteiger partial charge in [0.25, 0.3) is 0 Å². The summed E-state index contributed by atoms with van der Waals surface area (Å²) in [4.78, 5) is 0. The van der Waals surface area contributed by atoms with Crippen LogP contribution in [0, 0.1) is 5.92 Å². The second-order valence-corrected chi connectivity index (χ2v) is 4.79. The van der Waals surface area contributed by atoms with Gasteiger partial charge in [-0.15, -0.1) is 0 Å². The van der Waals surface area contributed by atoms with Crippen LogP contribution < -0.4 is 5.32 Å². The van der Waals surface area contributed by atoms with Gasteiger partial charge in [0.1, 0.15) is 0 Å². The molecule has 1 aliphatic rings. The van der Waals surface area contributed by atoms with Gasteiger partial charge in [0.05, 0.1) is 0 Å². The molecule has 0 aromatic rings. The lowest BCUT2D eigenvalue weighted by atomic mass is 10.1. The number of unbranched alkanes of at least 4 members (excludes halogenated alkanes) is 1. The van der Waals surface area contributed by atoms with Crippen LogP contribution in [-0.4, -0.2) is 12.1 Å². The summed E-state index contributed by atoms with van der Waals surface area (Å²) in [7, 11) is 0. The lowest BCUT2D eigenvalue weighted by Crippen LogP contribution is -2.34. The maximum absolute atomic E-state index is 3.69. The van der Waals surface area contributed by atoms with Crippen LogP contribution >= 0.6 is 0 Å². The number of nitrogens with one attached hydrogen (secondary N) is 1. The minimum atomic E-state index is 0.716. The molecule has 0 radical (unpaired) electrons. The van der Waals surface area contributed by atoms with Gasteiger partial charge < -0.3 is 5.32 Å². The lowest BCUT2D eigenvalue weighted by Gasteiger charge is -2.19. The minimum absolute atomic E-state index is 0.716. The summed E-state index contributed by atoms with van der Waals surface area (Å²) in [5, 5.41) is 3.69. The van der Waals surface area contributed by atoms with E-state index in [1.165, 1.54) is 38.5 Å². The minimum Gasteiger partial charge on any atom is -0.312 e. The smallest absolute Gasteiger partial charge is 0.00438 e. The van der Waals surface area contributed by atoms with Crippen molar-refractivity contribution in [2.75, 3.05) is 0 Å². The van der Waals surface area contributed by atoms with E-state index in [-0.39, 0.29) is 0 Å². The molecule has 1 rings (SSSR count). The van der Waals surface area contributed by atoms with E-state index in [0.717, 1.165) is 12.0 Å². The van der Waals surface area contributed by atoms with Crippen molar-refractivity contribution in [3.8, 4) is 0 Å². The number of hydrogen-bond acceptors (Lipinski definition) is 1. The molecule has 0 spiro atoms. The van der Waals surface area contributed by atoms with E-state index in [0.29, 0.717) is 6.04 Å². The van der Waals surface area contributed by atoms with E-state index in [1.54, 1.807) is 0 Å². The van der Waals surface area contributed by atoms with E-state index in [9.17, 15) is 0 Å². The third-order valence-corrected chi connectivity index (χ3v) is 2.94. The van der Waals surface area contributed by atoms with Crippen LogP contribution in [0.5, 0.6) is 0 Å². The van der Waals surface area contributed by atoms with Gasteiger partial charge in [-0.1, -0.05) is 32.6 Å². The van der Waals surface area contributed by atoms with Crippen molar-refractivity contribution in [3.63, 3.8) is 0 Å². The highest BCUT2D eigenvalue weighted by molar-refractivity contribution is 4.79. The molecule has 0 amide bonds. The Balaban J connectivity index is 1.99. The van der Waals surface area contributed by atoms with Crippen molar-refractivity contribution in [2.24, 2.45) is 5.92 Å². The highest BCUT2D eigenvalue weighted by atomic mass is 14.9. The lowest BCUT2D eigenvalue weighted by molar-refractivity contribution is 0.407. The van der Waals surface area contributed by atoms with Crippen molar-refractivity contribution < 1.29 is 0 Å². The number of hydrogen-bond donors (Lipinski definition) is 1. The average molecular weight is 183 g/mol. The van der Waals surface area contributed by atoms with Crippen LogP contribution in [0.3, 0.4) is 0 Å². The molecule has 2 unspecified atom stereocenters. The molecule has 1 aliphatic carbocycles. The molecule has 78 valence electrons. The van der Waals surface area contributed by atoms with Gasteiger partial charge in [0, 0.05) is 12.1 Å². The van der Waals surface area contributed by atoms with E-state index < -0.39 is 0 Å². The Kier molecular flexibility index (Phi) is 4.79. The first-order valence-corrected chi connectivity index (χ1v) is 5.98. The molecule has 1 nitrogen and oxygen atoms in total. The predicted octanol–water partition coefficient (Wildman–Crippen LogP) is 3.34. The molecule has 2 atom stereocenters. The van der Waals surface area contributed by atoms with Crippen LogP contribution in [0.1, 0.15) is 59.3 Å². The van der Waals surface area contributed by atoms with Crippen LogP contribution in [0.2, 0.25) is 0 Å². The van der Waals surface area contributed by atoms with Crippen molar-refractivity contribution in [1.29, 1.82) is 0 Å². The summed E-state index contributed by atoms with van der Waals surface area (Å²) < 4.78 is 0. The highest BCUT2D eigenvalue weighted by Crippen LogP contribution is 2.33. The van der Waals surface area contributed by atoms with E-state index in [2.05, 4.69) is 26.1 Å². The second-order valence-electron chi connectivity index (χ2n) is 4.79. The van der Waals surface area contributed by atoms with E-state index >= 15 is 0 Å². The van der Waals surface area contributed by atoms with Crippen molar-refractivity contribution >= 4 is 0 Å². The Morgan fingerprint density at radius 1 is 1.23 bits per heavy atom. The van der Waals surface area contributed by atoms with Crippen LogP contribution in [-0.2, 0) is 0 Å². The third-order valence-electron chi connectivity index (χ3n) is 2.94. The first-order valence-electron chi connectivity index (χ1n) is 5.98.